The van der Waals surface area contributed by atoms with E-state index in [2.05, 4.69) is 11.4 Å². The molecule has 0 unspecified atom stereocenters. The SMILES string of the molecule is COc1ccc(Nc2ccc(C#N)cc2N)c(C)c1C. The van der Waals surface area contributed by atoms with Gasteiger partial charge in [-0.1, -0.05) is 0 Å². The van der Waals surface area contributed by atoms with Gasteiger partial charge in [0.2, 0.25) is 0 Å². The Balaban J connectivity index is 2.36. The summed E-state index contributed by atoms with van der Waals surface area (Å²) in [6.07, 6.45) is 0. The van der Waals surface area contributed by atoms with Crippen LogP contribution in [0.15, 0.2) is 30.3 Å². The molecule has 4 heteroatoms. The van der Waals surface area contributed by atoms with Gasteiger partial charge >= 0.3 is 0 Å². The lowest BCUT2D eigenvalue weighted by Gasteiger charge is -2.15. The molecule has 0 aliphatic heterocycles. The third-order valence-corrected chi connectivity index (χ3v) is 3.41. The molecule has 0 spiro atoms. The highest BCUT2D eigenvalue weighted by Gasteiger charge is 2.08. The van der Waals surface area contributed by atoms with Crippen LogP contribution in [0.2, 0.25) is 0 Å². The molecule has 0 aromatic heterocycles. The number of nitriles is 1. The van der Waals surface area contributed by atoms with Crippen molar-refractivity contribution in [2.45, 2.75) is 13.8 Å². The zero-order valence-electron chi connectivity index (χ0n) is 11.8. The number of nitrogens with zero attached hydrogens (tertiary/aromatic N) is 1. The summed E-state index contributed by atoms with van der Waals surface area (Å²) in [6.45, 7) is 4.04. The van der Waals surface area contributed by atoms with E-state index < -0.39 is 0 Å². The minimum absolute atomic E-state index is 0.552. The van der Waals surface area contributed by atoms with Crippen molar-refractivity contribution in [3.8, 4) is 11.8 Å². The quantitative estimate of drug-likeness (QED) is 0.835. The Morgan fingerprint density at radius 3 is 2.40 bits per heavy atom. The minimum Gasteiger partial charge on any atom is -0.496 e. The Morgan fingerprint density at radius 2 is 1.80 bits per heavy atom. The predicted octanol–water partition coefficient (Wildman–Crippen LogP) is 3.51. The minimum atomic E-state index is 0.552. The summed E-state index contributed by atoms with van der Waals surface area (Å²) in [4.78, 5) is 0. The van der Waals surface area contributed by atoms with Gasteiger partial charge in [-0.05, 0) is 55.3 Å². The van der Waals surface area contributed by atoms with E-state index >= 15 is 0 Å². The monoisotopic (exact) mass is 267 g/mol. The van der Waals surface area contributed by atoms with Gasteiger partial charge in [-0.3, -0.25) is 0 Å². The van der Waals surface area contributed by atoms with Crippen molar-refractivity contribution >= 4 is 17.1 Å². The van der Waals surface area contributed by atoms with Crippen molar-refractivity contribution in [3.63, 3.8) is 0 Å². The van der Waals surface area contributed by atoms with Crippen molar-refractivity contribution < 1.29 is 4.74 Å². The van der Waals surface area contributed by atoms with Gasteiger partial charge in [-0.2, -0.15) is 5.26 Å². The second-order valence-electron chi connectivity index (χ2n) is 4.60. The summed E-state index contributed by atoms with van der Waals surface area (Å²) >= 11 is 0. The summed E-state index contributed by atoms with van der Waals surface area (Å²) in [5.41, 5.74) is 11.0. The van der Waals surface area contributed by atoms with E-state index in [4.69, 9.17) is 15.7 Å². The van der Waals surface area contributed by atoms with Crippen molar-refractivity contribution in [1.29, 1.82) is 5.26 Å². The molecule has 0 amide bonds. The van der Waals surface area contributed by atoms with Gasteiger partial charge in [-0.25, -0.2) is 0 Å². The topological polar surface area (TPSA) is 71.1 Å². The van der Waals surface area contributed by atoms with Gasteiger partial charge in [0, 0.05) is 5.69 Å². The fraction of sp³-hybridized carbons (Fsp3) is 0.188. The standard InChI is InChI=1S/C16H17N3O/c1-10-11(2)16(20-3)7-6-14(10)19-15-5-4-12(9-17)8-13(15)18/h4-8,19H,18H2,1-3H3. The van der Waals surface area contributed by atoms with Crippen molar-refractivity contribution in [2.24, 2.45) is 0 Å². The Morgan fingerprint density at radius 1 is 1.10 bits per heavy atom. The van der Waals surface area contributed by atoms with Crippen molar-refractivity contribution in [2.75, 3.05) is 18.2 Å². The molecule has 0 bridgehead atoms. The first-order chi connectivity index (χ1) is 9.56. The van der Waals surface area contributed by atoms with Gasteiger partial charge in [-0.15, -0.1) is 0 Å². The van der Waals surface area contributed by atoms with Crippen LogP contribution in [0.4, 0.5) is 17.1 Å². The van der Waals surface area contributed by atoms with Crippen LogP contribution in [-0.2, 0) is 0 Å². The molecule has 0 saturated carbocycles. The van der Waals surface area contributed by atoms with Crippen LogP contribution in [0.1, 0.15) is 16.7 Å². The van der Waals surface area contributed by atoms with E-state index in [0.29, 0.717) is 11.3 Å². The lowest BCUT2D eigenvalue weighted by Crippen LogP contribution is -2.00. The number of nitrogen functional groups attached to an aromatic ring is 1. The molecule has 102 valence electrons. The van der Waals surface area contributed by atoms with Gasteiger partial charge in [0.15, 0.2) is 0 Å². The fourth-order valence-electron chi connectivity index (χ4n) is 2.04. The molecule has 0 saturated heterocycles. The second kappa shape index (κ2) is 5.54. The molecule has 3 N–H and O–H groups in total. The molecule has 20 heavy (non-hydrogen) atoms. The van der Waals surface area contributed by atoms with E-state index in [1.807, 2.05) is 32.0 Å². The molecule has 0 aliphatic rings. The van der Waals surface area contributed by atoms with Crippen LogP contribution in [-0.4, -0.2) is 7.11 Å². The molecule has 0 fully saturated rings. The highest BCUT2D eigenvalue weighted by molar-refractivity contribution is 5.76. The Hall–Kier alpha value is -2.67. The highest BCUT2D eigenvalue weighted by atomic mass is 16.5. The molecule has 4 nitrogen and oxygen atoms in total. The molecule has 0 heterocycles. The summed E-state index contributed by atoms with van der Waals surface area (Å²) in [6, 6.07) is 11.2. The molecular weight excluding hydrogens is 250 g/mol. The maximum absolute atomic E-state index is 8.84. The van der Waals surface area contributed by atoms with E-state index in [0.717, 1.165) is 28.3 Å². The molecule has 0 aliphatic carbocycles. The number of hydrogen-bond acceptors (Lipinski definition) is 4. The Bertz CT molecular complexity index is 687. The third kappa shape index (κ3) is 2.52. The normalized spacial score (nSPS) is 9.90. The molecule has 2 aromatic rings. The van der Waals surface area contributed by atoms with Crippen molar-refractivity contribution in [3.05, 3.63) is 47.0 Å². The van der Waals surface area contributed by atoms with E-state index in [-0.39, 0.29) is 0 Å². The smallest absolute Gasteiger partial charge is 0.122 e. The van der Waals surface area contributed by atoms with Gasteiger partial charge < -0.3 is 15.8 Å². The maximum Gasteiger partial charge on any atom is 0.122 e. The van der Waals surface area contributed by atoms with Crippen LogP contribution in [0, 0.1) is 25.2 Å². The first kappa shape index (κ1) is 13.8. The number of anilines is 3. The van der Waals surface area contributed by atoms with Gasteiger partial charge in [0.05, 0.1) is 30.1 Å². The van der Waals surface area contributed by atoms with Crippen molar-refractivity contribution in [1.82, 2.24) is 0 Å². The van der Waals surface area contributed by atoms with Crippen LogP contribution in [0.25, 0.3) is 0 Å². The number of benzene rings is 2. The van der Waals surface area contributed by atoms with E-state index in [1.165, 1.54) is 0 Å². The lowest BCUT2D eigenvalue weighted by molar-refractivity contribution is 0.411. The number of rotatable bonds is 3. The Labute approximate surface area is 118 Å². The van der Waals surface area contributed by atoms with Crippen LogP contribution < -0.4 is 15.8 Å². The summed E-state index contributed by atoms with van der Waals surface area (Å²) < 4.78 is 5.30. The number of methoxy groups -OCH3 is 1. The maximum atomic E-state index is 8.84. The molecular formula is C16H17N3O. The lowest BCUT2D eigenvalue weighted by atomic mass is 10.1. The van der Waals surface area contributed by atoms with Gasteiger partial charge in [0.25, 0.3) is 0 Å². The highest BCUT2D eigenvalue weighted by Crippen LogP contribution is 2.31. The largest absolute Gasteiger partial charge is 0.496 e. The first-order valence-electron chi connectivity index (χ1n) is 6.27. The average Bonchev–Trinajstić information content (AvgIpc) is 2.46. The summed E-state index contributed by atoms with van der Waals surface area (Å²) in [5, 5.41) is 12.1. The van der Waals surface area contributed by atoms with Crippen LogP contribution in [0.3, 0.4) is 0 Å². The number of nitrogens with two attached hydrogens (primary N) is 1. The molecule has 0 atom stereocenters. The average molecular weight is 267 g/mol. The molecule has 2 aromatic carbocycles. The van der Waals surface area contributed by atoms with E-state index in [9.17, 15) is 0 Å². The number of nitrogens with one attached hydrogen (secondary N) is 1. The fourth-order valence-corrected chi connectivity index (χ4v) is 2.04. The summed E-state index contributed by atoms with van der Waals surface area (Å²) in [7, 11) is 1.66. The number of ether oxygens (including phenoxy) is 1. The molecule has 2 rings (SSSR count). The first-order valence-corrected chi connectivity index (χ1v) is 6.27. The van der Waals surface area contributed by atoms with Crippen LogP contribution >= 0.6 is 0 Å². The zero-order valence-corrected chi connectivity index (χ0v) is 11.8. The summed E-state index contributed by atoms with van der Waals surface area (Å²) in [5.74, 6) is 0.862. The second-order valence-corrected chi connectivity index (χ2v) is 4.60. The van der Waals surface area contributed by atoms with Crippen LogP contribution in [0.5, 0.6) is 5.75 Å². The zero-order chi connectivity index (χ0) is 14.7. The number of hydrogen-bond donors (Lipinski definition) is 2. The molecule has 0 radical (unpaired) electrons. The third-order valence-electron chi connectivity index (χ3n) is 3.41. The van der Waals surface area contributed by atoms with Gasteiger partial charge in [0.1, 0.15) is 5.75 Å². The van der Waals surface area contributed by atoms with E-state index in [1.54, 1.807) is 19.2 Å². The Kier molecular flexibility index (Phi) is 3.81. The predicted molar refractivity (Wildman–Crippen MR) is 81.3 cm³/mol.